The largest absolute Gasteiger partial charge is 0.492 e. The average molecular weight is 406 g/mol. The van der Waals surface area contributed by atoms with Crippen LogP contribution >= 0.6 is 0 Å². The first kappa shape index (κ1) is 21.7. The minimum absolute atomic E-state index is 0.0903. The first-order valence-electron chi connectivity index (χ1n) is 10.1. The van der Waals surface area contributed by atoms with E-state index in [9.17, 15) is 13.2 Å². The molecule has 1 heterocycles. The predicted molar refractivity (Wildman–Crippen MR) is 109 cm³/mol. The summed E-state index contributed by atoms with van der Waals surface area (Å²) in [5.41, 5.74) is 2.49. The zero-order chi connectivity index (χ0) is 21.0. The molecular weight excluding hydrogens is 377 g/mol. The van der Waals surface area contributed by atoms with Crippen LogP contribution in [0.1, 0.15) is 54.5 Å². The number of hydrogen-bond acceptors (Lipinski definition) is 3. The van der Waals surface area contributed by atoms with Crippen molar-refractivity contribution in [1.29, 1.82) is 0 Å². The second-order valence-corrected chi connectivity index (χ2v) is 7.88. The van der Waals surface area contributed by atoms with E-state index in [4.69, 9.17) is 4.74 Å². The highest BCUT2D eigenvalue weighted by molar-refractivity contribution is 5.39. The molecule has 0 aromatic heterocycles. The lowest BCUT2D eigenvalue weighted by Crippen LogP contribution is -2.47. The molecule has 1 aliphatic rings. The van der Waals surface area contributed by atoms with Crippen molar-refractivity contribution in [3.8, 4) is 5.75 Å². The normalized spacial score (nSPS) is 17.9. The summed E-state index contributed by atoms with van der Waals surface area (Å²) in [7, 11) is 0. The molecular formula is C23H29F3N2O. The van der Waals surface area contributed by atoms with Gasteiger partial charge in [-0.05, 0) is 47.7 Å². The number of benzene rings is 2. The molecule has 29 heavy (non-hydrogen) atoms. The van der Waals surface area contributed by atoms with Gasteiger partial charge in [0.2, 0.25) is 0 Å². The smallest absolute Gasteiger partial charge is 0.266 e. The van der Waals surface area contributed by atoms with Gasteiger partial charge in [-0.3, -0.25) is 4.90 Å². The Morgan fingerprint density at radius 1 is 1.14 bits per heavy atom. The summed E-state index contributed by atoms with van der Waals surface area (Å²) < 4.78 is 46.0. The van der Waals surface area contributed by atoms with E-state index in [-0.39, 0.29) is 6.04 Å². The Morgan fingerprint density at radius 2 is 1.93 bits per heavy atom. The zero-order valence-corrected chi connectivity index (χ0v) is 17.2. The molecule has 0 saturated carbocycles. The van der Waals surface area contributed by atoms with Crippen molar-refractivity contribution >= 4 is 0 Å². The molecule has 1 atom stereocenters. The van der Waals surface area contributed by atoms with Gasteiger partial charge in [-0.1, -0.05) is 32.0 Å². The maximum atomic E-state index is 13.7. The van der Waals surface area contributed by atoms with Crippen molar-refractivity contribution in [2.45, 2.75) is 39.2 Å². The summed E-state index contributed by atoms with van der Waals surface area (Å²) in [5.74, 6) is 0.404. The topological polar surface area (TPSA) is 24.5 Å². The minimum Gasteiger partial charge on any atom is -0.492 e. The van der Waals surface area contributed by atoms with E-state index in [1.54, 1.807) is 6.07 Å². The quantitative estimate of drug-likeness (QED) is 0.682. The molecule has 0 radical (unpaired) electrons. The van der Waals surface area contributed by atoms with Crippen LogP contribution in [-0.2, 0) is 0 Å². The predicted octanol–water partition coefficient (Wildman–Crippen LogP) is 5.22. The van der Waals surface area contributed by atoms with Crippen LogP contribution in [0.25, 0.3) is 0 Å². The Kier molecular flexibility index (Phi) is 7.19. The van der Waals surface area contributed by atoms with Gasteiger partial charge < -0.3 is 10.1 Å². The fourth-order valence-electron chi connectivity index (χ4n) is 3.80. The summed E-state index contributed by atoms with van der Waals surface area (Å²) in [6.07, 6.45) is -2.82. The van der Waals surface area contributed by atoms with Crippen molar-refractivity contribution < 1.29 is 17.9 Å². The molecule has 1 N–H and O–H groups in total. The Morgan fingerprint density at radius 3 is 2.66 bits per heavy atom. The lowest BCUT2D eigenvalue weighted by atomic mass is 10.0. The summed E-state index contributed by atoms with van der Waals surface area (Å²) in [5, 5.41) is 3.30. The van der Waals surface area contributed by atoms with Crippen molar-refractivity contribution in [2.24, 2.45) is 0 Å². The Balaban J connectivity index is 1.70. The standard InChI is InChI=1S/C23H29F3N2O/c1-15(2)18-6-4-16(3)12-22(18)29-11-10-28-9-8-27-14-21(28)17-5-7-20(24)19(13-17)23(25)26/h4-7,12-13,15,21,23,27H,8-11,14H2,1-3H3. The number of rotatable bonds is 7. The first-order chi connectivity index (χ1) is 13.9. The Bertz CT molecular complexity index is 826. The molecule has 3 rings (SSSR count). The molecule has 6 heteroatoms. The van der Waals surface area contributed by atoms with Gasteiger partial charge in [0.1, 0.15) is 18.2 Å². The van der Waals surface area contributed by atoms with Gasteiger partial charge >= 0.3 is 0 Å². The number of piperazine rings is 1. The van der Waals surface area contributed by atoms with Crippen LogP contribution in [-0.4, -0.2) is 37.7 Å². The van der Waals surface area contributed by atoms with Crippen LogP contribution in [0.5, 0.6) is 5.75 Å². The lowest BCUT2D eigenvalue weighted by molar-refractivity contribution is 0.131. The third-order valence-corrected chi connectivity index (χ3v) is 5.42. The van der Waals surface area contributed by atoms with Crippen LogP contribution in [0, 0.1) is 12.7 Å². The van der Waals surface area contributed by atoms with Gasteiger partial charge in [-0.15, -0.1) is 0 Å². The summed E-state index contributed by atoms with van der Waals surface area (Å²) in [6, 6.07) is 10.2. The molecule has 0 amide bonds. The number of alkyl halides is 2. The number of nitrogens with zero attached hydrogens (tertiary/aromatic N) is 1. The van der Waals surface area contributed by atoms with E-state index in [2.05, 4.69) is 42.3 Å². The fourth-order valence-corrected chi connectivity index (χ4v) is 3.80. The van der Waals surface area contributed by atoms with Crippen LogP contribution in [0.4, 0.5) is 13.2 Å². The van der Waals surface area contributed by atoms with Crippen molar-refractivity contribution in [3.63, 3.8) is 0 Å². The number of ether oxygens (including phenoxy) is 1. The van der Waals surface area contributed by atoms with E-state index in [1.165, 1.54) is 11.6 Å². The fraction of sp³-hybridized carbons (Fsp3) is 0.478. The highest BCUT2D eigenvalue weighted by Gasteiger charge is 2.25. The summed E-state index contributed by atoms with van der Waals surface area (Å²) >= 11 is 0. The third-order valence-electron chi connectivity index (χ3n) is 5.42. The van der Waals surface area contributed by atoms with E-state index in [0.29, 0.717) is 31.2 Å². The Hall–Kier alpha value is -2.05. The molecule has 3 nitrogen and oxygen atoms in total. The van der Waals surface area contributed by atoms with E-state index < -0.39 is 17.8 Å². The number of halogens is 3. The Labute approximate surface area is 170 Å². The maximum absolute atomic E-state index is 13.7. The third kappa shape index (κ3) is 5.31. The van der Waals surface area contributed by atoms with Crippen molar-refractivity contribution in [1.82, 2.24) is 10.2 Å². The van der Waals surface area contributed by atoms with Crippen LogP contribution in [0.15, 0.2) is 36.4 Å². The molecule has 1 fully saturated rings. The SMILES string of the molecule is Cc1ccc(C(C)C)c(OCCN2CCNCC2c2ccc(F)c(C(F)F)c2)c1. The number of nitrogens with one attached hydrogen (secondary N) is 1. The molecule has 0 spiro atoms. The first-order valence-corrected chi connectivity index (χ1v) is 10.1. The average Bonchev–Trinajstić information content (AvgIpc) is 2.68. The van der Waals surface area contributed by atoms with Gasteiger partial charge in [0.05, 0.1) is 5.56 Å². The number of hydrogen-bond donors (Lipinski definition) is 1. The van der Waals surface area contributed by atoms with Gasteiger partial charge in [0, 0.05) is 32.2 Å². The van der Waals surface area contributed by atoms with E-state index >= 15 is 0 Å². The number of aryl methyl sites for hydroxylation is 1. The van der Waals surface area contributed by atoms with Crippen molar-refractivity contribution in [3.05, 3.63) is 64.5 Å². The summed E-state index contributed by atoms with van der Waals surface area (Å²) in [4.78, 5) is 2.21. The molecule has 2 aromatic carbocycles. The molecule has 1 aliphatic heterocycles. The van der Waals surface area contributed by atoms with Gasteiger partial charge in [-0.2, -0.15) is 0 Å². The second kappa shape index (κ2) is 9.63. The highest BCUT2D eigenvalue weighted by atomic mass is 19.3. The molecule has 0 bridgehead atoms. The molecule has 0 aliphatic carbocycles. The maximum Gasteiger partial charge on any atom is 0.266 e. The van der Waals surface area contributed by atoms with Gasteiger partial charge in [0.25, 0.3) is 6.43 Å². The van der Waals surface area contributed by atoms with E-state index in [0.717, 1.165) is 30.5 Å². The lowest BCUT2D eigenvalue weighted by Gasteiger charge is -2.36. The van der Waals surface area contributed by atoms with Crippen LogP contribution < -0.4 is 10.1 Å². The second-order valence-electron chi connectivity index (χ2n) is 7.88. The minimum atomic E-state index is -2.82. The summed E-state index contributed by atoms with van der Waals surface area (Å²) in [6.45, 7) is 9.72. The molecule has 2 aromatic rings. The van der Waals surface area contributed by atoms with Gasteiger partial charge in [0.15, 0.2) is 0 Å². The zero-order valence-electron chi connectivity index (χ0n) is 17.2. The molecule has 158 valence electrons. The highest BCUT2D eigenvalue weighted by Crippen LogP contribution is 2.30. The van der Waals surface area contributed by atoms with Crippen LogP contribution in [0.2, 0.25) is 0 Å². The van der Waals surface area contributed by atoms with E-state index in [1.807, 2.05) is 6.92 Å². The van der Waals surface area contributed by atoms with Gasteiger partial charge in [-0.25, -0.2) is 13.2 Å². The van der Waals surface area contributed by atoms with Crippen LogP contribution in [0.3, 0.4) is 0 Å². The molecule has 1 saturated heterocycles. The monoisotopic (exact) mass is 406 g/mol. The van der Waals surface area contributed by atoms with Crippen molar-refractivity contribution in [2.75, 3.05) is 32.8 Å². The molecule has 1 unspecified atom stereocenters.